The molecule has 0 bridgehead atoms. The largest absolute Gasteiger partial charge is 0.465 e. The van der Waals surface area contributed by atoms with Gasteiger partial charge >= 0.3 is 5.97 Å². The van der Waals surface area contributed by atoms with Gasteiger partial charge in [-0.2, -0.15) is 0 Å². The topological polar surface area (TPSA) is 70.1 Å². The molecule has 0 saturated heterocycles. The van der Waals surface area contributed by atoms with Crippen molar-refractivity contribution < 1.29 is 9.53 Å². The molecular formula is C18H19N3O2. The second kappa shape index (κ2) is 6.62. The van der Waals surface area contributed by atoms with Crippen LogP contribution < -0.4 is 5.73 Å². The molecule has 0 aliphatic rings. The number of carbonyl (C=O) groups is 1. The van der Waals surface area contributed by atoms with Crippen LogP contribution >= 0.6 is 0 Å². The van der Waals surface area contributed by atoms with Crippen molar-refractivity contribution in [3.05, 3.63) is 60.4 Å². The molecule has 5 heteroatoms. The first kappa shape index (κ1) is 15.2. The number of ether oxygens (including phenoxy) is 1. The van der Waals surface area contributed by atoms with Gasteiger partial charge < -0.3 is 10.5 Å². The van der Waals surface area contributed by atoms with Crippen molar-refractivity contribution in [3.8, 4) is 5.69 Å². The van der Waals surface area contributed by atoms with Gasteiger partial charge in [0.2, 0.25) is 0 Å². The number of nitrogens with zero attached hydrogens (tertiary/aromatic N) is 2. The second-order valence-corrected chi connectivity index (χ2v) is 5.33. The lowest BCUT2D eigenvalue weighted by Gasteiger charge is -2.11. The Kier molecular flexibility index (Phi) is 4.39. The zero-order valence-electron chi connectivity index (χ0n) is 13.0. The highest BCUT2D eigenvalue weighted by Crippen LogP contribution is 2.18. The van der Waals surface area contributed by atoms with Gasteiger partial charge in [0.1, 0.15) is 12.4 Å². The third kappa shape index (κ3) is 3.24. The number of benzene rings is 2. The molecule has 3 aromatic rings. The van der Waals surface area contributed by atoms with Crippen LogP contribution in [0.15, 0.2) is 54.9 Å². The summed E-state index contributed by atoms with van der Waals surface area (Å²) in [5.74, 6) is -0.364. The standard InChI is InChI=1S/C18H19N3O2/c1-2-23-18(22)15(19)11-13-7-9-14(10-8-13)21-12-20-16-5-3-4-6-17(16)21/h3-10,12,15H,2,11,19H2,1H3. The summed E-state index contributed by atoms with van der Waals surface area (Å²) in [5, 5.41) is 0. The Bertz CT molecular complexity index is 809. The number of nitrogens with two attached hydrogens (primary N) is 1. The third-order valence-electron chi connectivity index (χ3n) is 3.71. The van der Waals surface area contributed by atoms with E-state index in [0.717, 1.165) is 22.3 Å². The van der Waals surface area contributed by atoms with Crippen LogP contribution in [0, 0.1) is 0 Å². The Morgan fingerprint density at radius 2 is 1.96 bits per heavy atom. The maximum atomic E-state index is 11.6. The first-order chi connectivity index (χ1) is 11.2. The molecule has 1 aromatic heterocycles. The van der Waals surface area contributed by atoms with Crippen molar-refractivity contribution in [2.75, 3.05) is 6.61 Å². The number of hydrogen-bond donors (Lipinski definition) is 1. The van der Waals surface area contributed by atoms with E-state index in [1.54, 1.807) is 6.92 Å². The minimum Gasteiger partial charge on any atom is -0.465 e. The average molecular weight is 309 g/mol. The zero-order chi connectivity index (χ0) is 16.2. The van der Waals surface area contributed by atoms with E-state index >= 15 is 0 Å². The maximum Gasteiger partial charge on any atom is 0.323 e. The van der Waals surface area contributed by atoms with E-state index in [-0.39, 0.29) is 5.97 Å². The van der Waals surface area contributed by atoms with E-state index in [1.807, 2.05) is 59.4 Å². The molecular weight excluding hydrogens is 290 g/mol. The van der Waals surface area contributed by atoms with Crippen LogP contribution in [0.5, 0.6) is 0 Å². The molecule has 0 aliphatic heterocycles. The number of hydrogen-bond acceptors (Lipinski definition) is 4. The molecule has 2 N–H and O–H groups in total. The highest BCUT2D eigenvalue weighted by molar-refractivity contribution is 5.77. The number of fused-ring (bicyclic) bond motifs is 1. The van der Waals surface area contributed by atoms with Crippen LogP contribution in [0.25, 0.3) is 16.7 Å². The normalized spacial score (nSPS) is 12.3. The minimum atomic E-state index is -0.630. The number of aromatic nitrogens is 2. The van der Waals surface area contributed by atoms with Crippen LogP contribution in [0.1, 0.15) is 12.5 Å². The van der Waals surface area contributed by atoms with Crippen molar-refractivity contribution in [1.29, 1.82) is 0 Å². The summed E-state index contributed by atoms with van der Waals surface area (Å²) in [4.78, 5) is 16.0. The van der Waals surface area contributed by atoms with E-state index in [9.17, 15) is 4.79 Å². The molecule has 0 spiro atoms. The SMILES string of the molecule is CCOC(=O)C(N)Cc1ccc(-n2cnc3ccccc32)cc1. The molecule has 2 aromatic carbocycles. The van der Waals surface area contributed by atoms with Gasteiger partial charge in [0.05, 0.1) is 17.6 Å². The number of rotatable bonds is 5. The van der Waals surface area contributed by atoms with Crippen molar-refractivity contribution in [2.24, 2.45) is 5.73 Å². The molecule has 1 atom stereocenters. The lowest BCUT2D eigenvalue weighted by Crippen LogP contribution is -2.34. The molecule has 0 amide bonds. The number of carbonyl (C=O) groups excluding carboxylic acids is 1. The van der Waals surface area contributed by atoms with Crippen LogP contribution in [-0.4, -0.2) is 28.2 Å². The second-order valence-electron chi connectivity index (χ2n) is 5.33. The fraction of sp³-hybridized carbons (Fsp3) is 0.222. The molecule has 5 nitrogen and oxygen atoms in total. The van der Waals surface area contributed by atoms with Crippen molar-refractivity contribution >= 4 is 17.0 Å². The maximum absolute atomic E-state index is 11.6. The minimum absolute atomic E-state index is 0.346. The summed E-state index contributed by atoms with van der Waals surface area (Å²) < 4.78 is 6.96. The Morgan fingerprint density at radius 3 is 2.70 bits per heavy atom. The first-order valence-electron chi connectivity index (χ1n) is 7.62. The van der Waals surface area contributed by atoms with Crippen molar-refractivity contribution in [2.45, 2.75) is 19.4 Å². The van der Waals surface area contributed by atoms with Gasteiger partial charge in [-0.3, -0.25) is 9.36 Å². The smallest absolute Gasteiger partial charge is 0.323 e. The summed E-state index contributed by atoms with van der Waals surface area (Å²) in [6.45, 7) is 2.12. The van der Waals surface area contributed by atoms with Gasteiger partial charge in [-0.05, 0) is 43.2 Å². The summed E-state index contributed by atoms with van der Waals surface area (Å²) in [7, 11) is 0. The van der Waals surface area contributed by atoms with Crippen LogP contribution in [0.4, 0.5) is 0 Å². The summed E-state index contributed by atoms with van der Waals surface area (Å²) >= 11 is 0. The molecule has 0 aliphatic carbocycles. The summed E-state index contributed by atoms with van der Waals surface area (Å²) in [6.07, 6.45) is 2.27. The lowest BCUT2D eigenvalue weighted by atomic mass is 10.1. The van der Waals surface area contributed by atoms with Crippen LogP contribution in [0.2, 0.25) is 0 Å². The Hall–Kier alpha value is -2.66. The number of para-hydroxylation sites is 2. The molecule has 1 heterocycles. The highest BCUT2D eigenvalue weighted by Gasteiger charge is 2.15. The van der Waals surface area contributed by atoms with Gasteiger partial charge in [0.25, 0.3) is 0 Å². The molecule has 118 valence electrons. The Labute approximate surface area is 134 Å². The molecule has 0 radical (unpaired) electrons. The summed E-state index contributed by atoms with van der Waals surface area (Å²) in [6, 6.07) is 15.3. The van der Waals surface area contributed by atoms with Crippen LogP contribution in [0.3, 0.4) is 0 Å². The van der Waals surface area contributed by atoms with Gasteiger partial charge in [-0.25, -0.2) is 4.98 Å². The monoisotopic (exact) mass is 309 g/mol. The van der Waals surface area contributed by atoms with Gasteiger partial charge in [0.15, 0.2) is 0 Å². The first-order valence-corrected chi connectivity index (χ1v) is 7.62. The van der Waals surface area contributed by atoms with Crippen molar-refractivity contribution in [1.82, 2.24) is 9.55 Å². The highest BCUT2D eigenvalue weighted by atomic mass is 16.5. The fourth-order valence-corrected chi connectivity index (χ4v) is 2.54. The predicted octanol–water partition coefficient (Wildman–Crippen LogP) is 2.46. The Balaban J connectivity index is 1.78. The van der Waals surface area contributed by atoms with Crippen LogP contribution in [-0.2, 0) is 16.0 Å². The van der Waals surface area contributed by atoms with E-state index < -0.39 is 6.04 Å². The predicted molar refractivity (Wildman–Crippen MR) is 89.4 cm³/mol. The fourth-order valence-electron chi connectivity index (χ4n) is 2.54. The van der Waals surface area contributed by atoms with Crippen molar-refractivity contribution in [3.63, 3.8) is 0 Å². The number of esters is 1. The quantitative estimate of drug-likeness (QED) is 0.735. The lowest BCUT2D eigenvalue weighted by molar-refractivity contribution is -0.144. The Morgan fingerprint density at radius 1 is 1.22 bits per heavy atom. The van der Waals surface area contributed by atoms with Gasteiger partial charge in [-0.15, -0.1) is 0 Å². The zero-order valence-corrected chi connectivity index (χ0v) is 13.0. The molecule has 0 fully saturated rings. The van der Waals surface area contributed by atoms with E-state index in [1.165, 1.54) is 0 Å². The van der Waals surface area contributed by atoms with Gasteiger partial charge in [-0.1, -0.05) is 24.3 Å². The van der Waals surface area contributed by atoms with E-state index in [2.05, 4.69) is 4.98 Å². The van der Waals surface area contributed by atoms with E-state index in [4.69, 9.17) is 10.5 Å². The number of imidazole rings is 1. The molecule has 0 saturated carbocycles. The van der Waals surface area contributed by atoms with E-state index in [0.29, 0.717) is 13.0 Å². The third-order valence-corrected chi connectivity index (χ3v) is 3.71. The molecule has 23 heavy (non-hydrogen) atoms. The molecule has 3 rings (SSSR count). The van der Waals surface area contributed by atoms with Gasteiger partial charge in [0, 0.05) is 5.69 Å². The molecule has 1 unspecified atom stereocenters. The summed E-state index contributed by atoms with van der Waals surface area (Å²) in [5.41, 5.74) is 9.89. The average Bonchev–Trinajstić information content (AvgIpc) is 3.00.